The van der Waals surface area contributed by atoms with E-state index in [1.54, 1.807) is 6.92 Å². The molecule has 0 aromatic heterocycles. The summed E-state index contributed by atoms with van der Waals surface area (Å²) in [5.41, 5.74) is -2.16. The third-order valence-electron chi connectivity index (χ3n) is 4.15. The third kappa shape index (κ3) is 4.55. The van der Waals surface area contributed by atoms with Gasteiger partial charge in [-0.25, -0.2) is 4.79 Å². The van der Waals surface area contributed by atoms with E-state index < -0.39 is 35.1 Å². The van der Waals surface area contributed by atoms with Gasteiger partial charge in [-0.2, -0.15) is 23.3 Å². The van der Waals surface area contributed by atoms with Gasteiger partial charge in [-0.05, 0) is 55.0 Å². The molecule has 7 nitrogen and oxygen atoms in total. The minimum atomic E-state index is -4.93. The number of carboxylic acids is 1. The number of halogens is 4. The fraction of sp³-hybridized carbons (Fsp3) is 0.150. The number of rotatable bonds is 5. The molecule has 0 radical (unpaired) electrons. The van der Waals surface area contributed by atoms with Gasteiger partial charge in [0.25, 0.3) is 5.91 Å². The van der Waals surface area contributed by atoms with Gasteiger partial charge in [0.1, 0.15) is 5.75 Å². The zero-order valence-corrected chi connectivity index (χ0v) is 17.3. The third-order valence-corrected chi connectivity index (χ3v) is 4.74. The van der Waals surface area contributed by atoms with Crippen LogP contribution in [0.4, 0.5) is 18.9 Å². The first-order valence-corrected chi connectivity index (χ1v) is 9.51. The Morgan fingerprint density at radius 1 is 1.29 bits per heavy atom. The molecular formula is C20H13BrF3N2O5-. The van der Waals surface area contributed by atoms with Gasteiger partial charge in [-0.1, -0.05) is 21.7 Å². The van der Waals surface area contributed by atoms with Crippen molar-refractivity contribution in [3.8, 4) is 11.5 Å². The highest BCUT2D eigenvalue weighted by atomic mass is 79.9. The summed E-state index contributed by atoms with van der Waals surface area (Å²) in [6.45, 7) is 1.80. The standard InChI is InChI=1S/C20H14BrF3N2O5/c1-2-31-15-9-10(8-14(21)16(15)27)7-13-17(20(22,23)24)25-26(18(13)28)12-5-3-11(4-6-12)19(29)30/h3-9,27H,2H2,1H3,(H,29,30)/p-1/b13-7-. The van der Waals surface area contributed by atoms with Crippen LogP contribution >= 0.6 is 15.9 Å². The Kier molecular flexibility index (Phi) is 6.07. The maximum atomic E-state index is 13.6. The molecule has 3 rings (SSSR count). The minimum Gasteiger partial charge on any atom is -0.869 e. The van der Waals surface area contributed by atoms with E-state index in [2.05, 4.69) is 21.0 Å². The average molecular weight is 498 g/mol. The zero-order valence-electron chi connectivity index (χ0n) is 15.7. The van der Waals surface area contributed by atoms with Crippen LogP contribution in [0.15, 0.2) is 51.5 Å². The summed E-state index contributed by atoms with van der Waals surface area (Å²) in [4.78, 5) is 23.7. The summed E-state index contributed by atoms with van der Waals surface area (Å²) < 4.78 is 46.0. The van der Waals surface area contributed by atoms with Gasteiger partial charge in [0, 0.05) is 4.47 Å². The van der Waals surface area contributed by atoms with Gasteiger partial charge < -0.3 is 14.9 Å². The van der Waals surface area contributed by atoms with Gasteiger partial charge in [-0.15, -0.1) is 0 Å². The van der Waals surface area contributed by atoms with Gasteiger partial charge in [0.2, 0.25) is 0 Å². The lowest BCUT2D eigenvalue weighted by Crippen LogP contribution is -2.25. The van der Waals surface area contributed by atoms with E-state index in [9.17, 15) is 27.9 Å². The number of carbonyl (C=O) groups excluding carboxylic acids is 1. The Hall–Kier alpha value is -3.34. The van der Waals surface area contributed by atoms with Crippen LogP contribution in [0.1, 0.15) is 22.8 Å². The van der Waals surface area contributed by atoms with Crippen molar-refractivity contribution in [1.82, 2.24) is 0 Å². The lowest BCUT2D eigenvalue weighted by atomic mass is 10.1. The van der Waals surface area contributed by atoms with Crippen molar-refractivity contribution in [3.63, 3.8) is 0 Å². The van der Waals surface area contributed by atoms with Gasteiger partial charge in [0.15, 0.2) is 5.71 Å². The molecule has 162 valence electrons. The van der Waals surface area contributed by atoms with Crippen molar-refractivity contribution in [2.75, 3.05) is 11.6 Å². The number of benzene rings is 2. The second-order valence-electron chi connectivity index (χ2n) is 6.24. The lowest BCUT2D eigenvalue weighted by molar-refractivity contribution is -0.271. The fourth-order valence-corrected chi connectivity index (χ4v) is 3.23. The smallest absolute Gasteiger partial charge is 0.435 e. The fourth-order valence-electron chi connectivity index (χ4n) is 2.78. The predicted octanol–water partition coefficient (Wildman–Crippen LogP) is 3.97. The van der Waals surface area contributed by atoms with Crippen molar-refractivity contribution in [2.24, 2.45) is 5.10 Å². The molecule has 0 saturated carbocycles. The Labute approximate surface area is 182 Å². The molecule has 1 aliphatic heterocycles. The molecule has 0 saturated heterocycles. The zero-order chi connectivity index (χ0) is 22.9. The number of carbonyl (C=O) groups is 2. The maximum Gasteiger partial charge on any atom is 0.435 e. The second-order valence-corrected chi connectivity index (χ2v) is 7.09. The number of amides is 1. The number of aromatic carboxylic acids is 1. The van der Waals surface area contributed by atoms with Gasteiger partial charge >= 0.3 is 12.1 Å². The lowest BCUT2D eigenvalue weighted by Gasteiger charge is -2.17. The van der Waals surface area contributed by atoms with Crippen molar-refractivity contribution in [2.45, 2.75) is 13.1 Å². The molecule has 2 aromatic carbocycles. The van der Waals surface area contributed by atoms with E-state index in [1.807, 2.05) is 0 Å². The Morgan fingerprint density at radius 3 is 2.48 bits per heavy atom. The Bertz CT molecular complexity index is 1110. The van der Waals surface area contributed by atoms with E-state index in [1.165, 1.54) is 24.3 Å². The van der Waals surface area contributed by atoms with E-state index in [4.69, 9.17) is 9.84 Å². The first kappa shape index (κ1) is 22.3. The van der Waals surface area contributed by atoms with Crippen LogP contribution in [-0.4, -0.2) is 35.5 Å². The molecule has 1 aliphatic rings. The number of carboxylic acid groups (broad SMARTS) is 1. The van der Waals surface area contributed by atoms with Crippen molar-refractivity contribution < 1.29 is 37.7 Å². The van der Waals surface area contributed by atoms with Crippen molar-refractivity contribution >= 4 is 45.3 Å². The van der Waals surface area contributed by atoms with Crippen molar-refractivity contribution in [1.29, 1.82) is 0 Å². The Balaban J connectivity index is 2.07. The van der Waals surface area contributed by atoms with E-state index >= 15 is 0 Å². The summed E-state index contributed by atoms with van der Waals surface area (Å²) >= 11 is 3.04. The number of hydrazone groups is 1. The number of anilines is 1. The van der Waals surface area contributed by atoms with Crippen LogP contribution in [0.3, 0.4) is 0 Å². The summed E-state index contributed by atoms with van der Waals surface area (Å²) in [6, 6.07) is 7.15. The van der Waals surface area contributed by atoms with Crippen LogP contribution in [0.25, 0.3) is 6.08 Å². The molecule has 2 aromatic rings. The van der Waals surface area contributed by atoms with E-state index in [-0.39, 0.29) is 33.6 Å². The number of nitrogens with zero attached hydrogens (tertiary/aromatic N) is 2. The van der Waals surface area contributed by atoms with E-state index in [0.717, 1.165) is 18.2 Å². The monoisotopic (exact) mass is 497 g/mol. The van der Waals surface area contributed by atoms with Gasteiger partial charge in [-0.3, -0.25) is 4.79 Å². The Morgan fingerprint density at radius 2 is 1.94 bits per heavy atom. The predicted molar refractivity (Wildman–Crippen MR) is 107 cm³/mol. The molecule has 1 N–H and O–H groups in total. The maximum absolute atomic E-state index is 13.6. The number of hydrogen-bond acceptors (Lipinski definition) is 5. The largest absolute Gasteiger partial charge is 0.869 e. The number of hydrogen-bond donors (Lipinski definition) is 1. The molecular weight excluding hydrogens is 485 g/mol. The molecule has 0 fully saturated rings. The molecule has 0 unspecified atom stereocenters. The molecule has 0 atom stereocenters. The molecule has 11 heteroatoms. The first-order chi connectivity index (χ1) is 14.5. The summed E-state index contributed by atoms with van der Waals surface area (Å²) in [6.07, 6.45) is -3.97. The molecule has 0 aliphatic carbocycles. The first-order valence-electron chi connectivity index (χ1n) is 8.72. The molecule has 31 heavy (non-hydrogen) atoms. The molecule has 0 spiro atoms. The minimum absolute atomic E-state index is 0.0359. The number of alkyl halides is 3. The second kappa shape index (κ2) is 8.42. The topological polar surface area (TPSA) is 102 Å². The van der Waals surface area contributed by atoms with Crippen LogP contribution in [0.5, 0.6) is 11.5 Å². The summed E-state index contributed by atoms with van der Waals surface area (Å²) in [5.74, 6) is -2.85. The molecule has 1 amide bonds. The highest BCUT2D eigenvalue weighted by Crippen LogP contribution is 2.36. The summed E-state index contributed by atoms with van der Waals surface area (Å²) in [7, 11) is 0. The average Bonchev–Trinajstić information content (AvgIpc) is 3.02. The summed E-state index contributed by atoms with van der Waals surface area (Å²) in [5, 5.41) is 24.9. The highest BCUT2D eigenvalue weighted by Gasteiger charge is 2.46. The molecule has 0 bridgehead atoms. The van der Waals surface area contributed by atoms with Crippen molar-refractivity contribution in [3.05, 3.63) is 57.6 Å². The van der Waals surface area contributed by atoms with Crippen LogP contribution < -0.4 is 14.9 Å². The van der Waals surface area contributed by atoms with Crippen LogP contribution in [-0.2, 0) is 4.79 Å². The highest BCUT2D eigenvalue weighted by molar-refractivity contribution is 9.10. The number of ether oxygens (including phenoxy) is 1. The van der Waals surface area contributed by atoms with Gasteiger partial charge in [0.05, 0.1) is 23.4 Å². The quantitative estimate of drug-likeness (QED) is 0.629. The molecule has 1 heterocycles. The van der Waals surface area contributed by atoms with Crippen LogP contribution in [0.2, 0.25) is 0 Å². The SMILES string of the molecule is CCOc1cc(/C=C2\C(=O)N(c3ccc(C(=O)O)cc3)N=C2C(F)(F)F)cc(Br)c1[O-]. The van der Waals surface area contributed by atoms with E-state index in [0.29, 0.717) is 5.01 Å². The van der Waals surface area contributed by atoms with Crippen LogP contribution in [0, 0.1) is 0 Å². The normalized spacial score (nSPS) is 15.4.